The zero-order chi connectivity index (χ0) is 14.7. The van der Waals surface area contributed by atoms with Gasteiger partial charge in [-0.2, -0.15) is 0 Å². The molecule has 0 aliphatic carbocycles. The predicted octanol–water partition coefficient (Wildman–Crippen LogP) is 1.42. The standard InChI is InChI=1S/C17H33N3O/c1-15(2)10-18-12-17(5-9-21-14-17)13-19-7-8-20-6-3-4-16(20)11-19/h15-16,18H,3-14H2,1-2H3. The average Bonchev–Trinajstić information content (AvgIpc) is 3.07. The lowest BCUT2D eigenvalue weighted by Crippen LogP contribution is -2.54. The summed E-state index contributed by atoms with van der Waals surface area (Å²) in [6, 6.07) is 0.835. The lowest BCUT2D eigenvalue weighted by molar-refractivity contribution is 0.0551. The van der Waals surface area contributed by atoms with Crippen molar-refractivity contribution in [2.24, 2.45) is 11.3 Å². The molecular weight excluding hydrogens is 262 g/mol. The van der Waals surface area contributed by atoms with Gasteiger partial charge in [0.05, 0.1) is 6.61 Å². The van der Waals surface area contributed by atoms with Gasteiger partial charge in [-0.05, 0) is 38.3 Å². The van der Waals surface area contributed by atoms with E-state index < -0.39 is 0 Å². The predicted molar refractivity (Wildman–Crippen MR) is 86.6 cm³/mol. The Morgan fingerprint density at radius 2 is 2.19 bits per heavy atom. The molecule has 2 atom stereocenters. The molecule has 3 saturated heterocycles. The van der Waals surface area contributed by atoms with Crippen molar-refractivity contribution >= 4 is 0 Å². The van der Waals surface area contributed by atoms with E-state index >= 15 is 0 Å². The summed E-state index contributed by atoms with van der Waals surface area (Å²) in [4.78, 5) is 5.42. The van der Waals surface area contributed by atoms with E-state index in [4.69, 9.17) is 4.74 Å². The molecule has 3 fully saturated rings. The number of hydrogen-bond acceptors (Lipinski definition) is 4. The maximum atomic E-state index is 5.77. The minimum atomic E-state index is 0.357. The molecule has 3 aliphatic rings. The van der Waals surface area contributed by atoms with Gasteiger partial charge in [0.15, 0.2) is 0 Å². The summed E-state index contributed by atoms with van der Waals surface area (Å²) in [6.45, 7) is 15.1. The van der Waals surface area contributed by atoms with Gasteiger partial charge in [-0.25, -0.2) is 0 Å². The smallest absolute Gasteiger partial charge is 0.0547 e. The average molecular weight is 295 g/mol. The van der Waals surface area contributed by atoms with Crippen LogP contribution < -0.4 is 5.32 Å². The first-order chi connectivity index (χ1) is 10.2. The fourth-order valence-corrected chi connectivity index (χ4v) is 4.27. The molecule has 0 aromatic carbocycles. The molecule has 0 bridgehead atoms. The molecule has 2 unspecified atom stereocenters. The fraction of sp³-hybridized carbons (Fsp3) is 1.00. The second kappa shape index (κ2) is 6.95. The molecule has 0 saturated carbocycles. The van der Waals surface area contributed by atoms with Gasteiger partial charge in [0, 0.05) is 50.8 Å². The molecule has 0 radical (unpaired) electrons. The Morgan fingerprint density at radius 3 is 2.95 bits per heavy atom. The van der Waals surface area contributed by atoms with E-state index in [1.54, 1.807) is 0 Å². The maximum absolute atomic E-state index is 5.77. The Hall–Kier alpha value is -0.160. The zero-order valence-electron chi connectivity index (χ0n) is 13.9. The highest BCUT2D eigenvalue weighted by Crippen LogP contribution is 2.31. The van der Waals surface area contributed by atoms with E-state index in [-0.39, 0.29) is 0 Å². The first-order valence-electron chi connectivity index (χ1n) is 8.92. The Morgan fingerprint density at radius 1 is 1.29 bits per heavy atom. The van der Waals surface area contributed by atoms with E-state index in [9.17, 15) is 0 Å². The second-order valence-corrected chi connectivity index (χ2v) is 7.89. The SMILES string of the molecule is CC(C)CNCC1(CN2CCN3CCCC3C2)CCOC1. The van der Waals surface area contributed by atoms with Crippen LogP contribution >= 0.6 is 0 Å². The van der Waals surface area contributed by atoms with Gasteiger partial charge in [-0.3, -0.25) is 9.80 Å². The third-order valence-corrected chi connectivity index (χ3v) is 5.47. The van der Waals surface area contributed by atoms with Crippen LogP contribution in [0, 0.1) is 11.3 Å². The van der Waals surface area contributed by atoms with Crippen molar-refractivity contribution in [1.29, 1.82) is 0 Å². The van der Waals surface area contributed by atoms with E-state index in [1.165, 1.54) is 52.0 Å². The Labute approximate surface area is 130 Å². The van der Waals surface area contributed by atoms with Crippen LogP contribution in [0.5, 0.6) is 0 Å². The Balaban J connectivity index is 1.52. The fourth-order valence-electron chi connectivity index (χ4n) is 4.27. The molecule has 3 aliphatic heterocycles. The van der Waals surface area contributed by atoms with Crippen molar-refractivity contribution in [2.45, 2.75) is 39.2 Å². The van der Waals surface area contributed by atoms with Crippen LogP contribution in [0.3, 0.4) is 0 Å². The summed E-state index contributed by atoms with van der Waals surface area (Å²) >= 11 is 0. The van der Waals surface area contributed by atoms with E-state index in [1.807, 2.05) is 0 Å². The van der Waals surface area contributed by atoms with Gasteiger partial charge in [0.25, 0.3) is 0 Å². The first kappa shape index (κ1) is 15.7. The summed E-state index contributed by atoms with van der Waals surface area (Å²) < 4.78 is 5.77. The van der Waals surface area contributed by atoms with Crippen molar-refractivity contribution in [3.05, 3.63) is 0 Å². The van der Waals surface area contributed by atoms with Gasteiger partial charge in [0.2, 0.25) is 0 Å². The Bertz CT molecular complexity index is 328. The van der Waals surface area contributed by atoms with E-state index in [0.717, 1.165) is 38.3 Å². The Kier molecular flexibility index (Phi) is 5.20. The van der Waals surface area contributed by atoms with Crippen molar-refractivity contribution in [2.75, 3.05) is 59.0 Å². The van der Waals surface area contributed by atoms with Crippen molar-refractivity contribution < 1.29 is 4.74 Å². The molecule has 4 heteroatoms. The quantitative estimate of drug-likeness (QED) is 0.802. The molecule has 3 rings (SSSR count). The van der Waals surface area contributed by atoms with Crippen LogP contribution in [-0.2, 0) is 4.74 Å². The minimum absolute atomic E-state index is 0.357. The summed E-state index contributed by atoms with van der Waals surface area (Å²) in [5, 5.41) is 3.69. The molecular formula is C17H33N3O. The summed E-state index contributed by atoms with van der Waals surface area (Å²) in [5.74, 6) is 0.728. The third-order valence-electron chi connectivity index (χ3n) is 5.47. The normalized spacial score (nSPS) is 34.7. The number of hydrogen-bond donors (Lipinski definition) is 1. The molecule has 0 aromatic heterocycles. The highest BCUT2D eigenvalue weighted by atomic mass is 16.5. The maximum Gasteiger partial charge on any atom is 0.0547 e. The van der Waals surface area contributed by atoms with Gasteiger partial charge >= 0.3 is 0 Å². The van der Waals surface area contributed by atoms with Gasteiger partial charge in [-0.1, -0.05) is 13.8 Å². The number of fused-ring (bicyclic) bond motifs is 1. The number of nitrogens with zero attached hydrogens (tertiary/aromatic N) is 2. The van der Waals surface area contributed by atoms with Crippen LogP contribution in [0.15, 0.2) is 0 Å². The van der Waals surface area contributed by atoms with Crippen molar-refractivity contribution in [1.82, 2.24) is 15.1 Å². The van der Waals surface area contributed by atoms with Crippen LogP contribution in [0.1, 0.15) is 33.1 Å². The molecule has 21 heavy (non-hydrogen) atoms. The highest BCUT2D eigenvalue weighted by molar-refractivity contribution is 4.93. The number of ether oxygens (including phenoxy) is 1. The lowest BCUT2D eigenvalue weighted by atomic mass is 9.86. The largest absolute Gasteiger partial charge is 0.381 e. The van der Waals surface area contributed by atoms with Crippen LogP contribution in [0.2, 0.25) is 0 Å². The minimum Gasteiger partial charge on any atom is -0.381 e. The summed E-state index contributed by atoms with van der Waals surface area (Å²) in [6.07, 6.45) is 4.04. The first-order valence-corrected chi connectivity index (χ1v) is 8.92. The summed E-state index contributed by atoms with van der Waals surface area (Å²) in [7, 11) is 0. The number of rotatable bonds is 6. The number of nitrogens with one attached hydrogen (secondary N) is 1. The van der Waals surface area contributed by atoms with Crippen molar-refractivity contribution in [3.8, 4) is 0 Å². The topological polar surface area (TPSA) is 27.7 Å². The van der Waals surface area contributed by atoms with Crippen LogP contribution in [0.25, 0.3) is 0 Å². The van der Waals surface area contributed by atoms with Gasteiger partial charge in [0.1, 0.15) is 0 Å². The van der Waals surface area contributed by atoms with Crippen molar-refractivity contribution in [3.63, 3.8) is 0 Å². The van der Waals surface area contributed by atoms with Gasteiger partial charge in [-0.15, -0.1) is 0 Å². The van der Waals surface area contributed by atoms with E-state index in [2.05, 4.69) is 29.0 Å². The van der Waals surface area contributed by atoms with Gasteiger partial charge < -0.3 is 10.1 Å². The molecule has 0 aromatic rings. The third kappa shape index (κ3) is 3.98. The van der Waals surface area contributed by atoms with E-state index in [0.29, 0.717) is 5.41 Å². The monoisotopic (exact) mass is 295 g/mol. The second-order valence-electron chi connectivity index (χ2n) is 7.89. The number of piperazine rings is 1. The van der Waals surface area contributed by atoms with Crippen LogP contribution in [-0.4, -0.2) is 74.9 Å². The highest BCUT2D eigenvalue weighted by Gasteiger charge is 2.39. The summed E-state index contributed by atoms with van der Waals surface area (Å²) in [5.41, 5.74) is 0.357. The molecule has 3 heterocycles. The van der Waals surface area contributed by atoms with Crippen LogP contribution in [0.4, 0.5) is 0 Å². The molecule has 4 nitrogen and oxygen atoms in total. The molecule has 122 valence electrons. The molecule has 0 spiro atoms. The molecule has 1 N–H and O–H groups in total. The molecule has 0 amide bonds. The lowest BCUT2D eigenvalue weighted by Gasteiger charge is -2.41. The zero-order valence-corrected chi connectivity index (χ0v) is 13.9.